The molecule has 2 aromatic rings. The molecule has 10 heteroatoms. The standard InChI is InChI=1S/C20H25F3N6O/c21-20(22,23)18-9-19(25-13-24-18)29(15-1-2-15)16-3-5-27(6-4-16)11-14-10-26-28-7-8-30-12-17(14)28/h9-10,13,15-16H,1-8,11-12H2. The van der Waals surface area contributed by atoms with E-state index >= 15 is 0 Å². The van der Waals surface area contributed by atoms with Gasteiger partial charge in [0, 0.05) is 43.3 Å². The van der Waals surface area contributed by atoms with Crippen LogP contribution < -0.4 is 4.90 Å². The molecule has 0 amide bonds. The van der Waals surface area contributed by atoms with Crippen LogP contribution in [0.3, 0.4) is 0 Å². The zero-order chi connectivity index (χ0) is 20.7. The molecule has 1 saturated heterocycles. The Hall–Kier alpha value is -2.20. The van der Waals surface area contributed by atoms with Crippen molar-refractivity contribution in [2.75, 3.05) is 24.6 Å². The Labute approximate surface area is 172 Å². The number of likely N-dealkylation sites (tertiary alicyclic amines) is 1. The lowest BCUT2D eigenvalue weighted by Gasteiger charge is -2.39. The van der Waals surface area contributed by atoms with Crippen LogP contribution in [-0.2, 0) is 30.6 Å². The number of alkyl halides is 3. The highest BCUT2D eigenvalue weighted by atomic mass is 19.4. The van der Waals surface area contributed by atoms with Gasteiger partial charge in [-0.2, -0.15) is 18.3 Å². The van der Waals surface area contributed by atoms with Gasteiger partial charge in [-0.3, -0.25) is 9.58 Å². The Kier molecular flexibility index (Phi) is 5.14. The Morgan fingerprint density at radius 2 is 1.83 bits per heavy atom. The van der Waals surface area contributed by atoms with Crippen molar-refractivity contribution in [1.82, 2.24) is 24.6 Å². The largest absolute Gasteiger partial charge is 0.433 e. The van der Waals surface area contributed by atoms with E-state index in [1.165, 1.54) is 5.56 Å². The van der Waals surface area contributed by atoms with E-state index in [0.717, 1.165) is 69.9 Å². The number of anilines is 1. The third-order valence-electron chi connectivity index (χ3n) is 6.21. The van der Waals surface area contributed by atoms with Gasteiger partial charge in [-0.05, 0) is 25.7 Å². The van der Waals surface area contributed by atoms with Gasteiger partial charge in [-0.1, -0.05) is 0 Å². The molecule has 0 spiro atoms. The van der Waals surface area contributed by atoms with E-state index in [-0.39, 0.29) is 12.1 Å². The van der Waals surface area contributed by atoms with E-state index in [1.807, 2.05) is 10.9 Å². The number of nitrogens with zero attached hydrogens (tertiary/aromatic N) is 6. The Balaban J connectivity index is 1.25. The number of fused-ring (bicyclic) bond motifs is 1. The van der Waals surface area contributed by atoms with E-state index in [9.17, 15) is 13.2 Å². The number of hydrogen-bond acceptors (Lipinski definition) is 6. The van der Waals surface area contributed by atoms with Gasteiger partial charge in [-0.25, -0.2) is 9.97 Å². The molecule has 0 unspecified atom stereocenters. The summed E-state index contributed by atoms with van der Waals surface area (Å²) in [5.74, 6) is 0.404. The van der Waals surface area contributed by atoms with Crippen molar-refractivity contribution < 1.29 is 17.9 Å². The van der Waals surface area contributed by atoms with E-state index in [2.05, 4.69) is 24.9 Å². The van der Waals surface area contributed by atoms with Gasteiger partial charge in [0.05, 0.1) is 31.6 Å². The first-order valence-corrected chi connectivity index (χ1v) is 10.5. The molecule has 162 valence electrons. The predicted molar refractivity (Wildman–Crippen MR) is 103 cm³/mol. The van der Waals surface area contributed by atoms with Gasteiger partial charge in [0.2, 0.25) is 0 Å². The van der Waals surface area contributed by atoms with Crippen molar-refractivity contribution in [3.05, 3.63) is 35.5 Å². The first-order valence-electron chi connectivity index (χ1n) is 10.5. The van der Waals surface area contributed by atoms with Gasteiger partial charge < -0.3 is 9.64 Å². The number of hydrogen-bond donors (Lipinski definition) is 0. The molecular formula is C20H25F3N6O. The molecule has 0 bridgehead atoms. The third kappa shape index (κ3) is 4.02. The van der Waals surface area contributed by atoms with Gasteiger partial charge in [0.1, 0.15) is 17.8 Å². The number of halogens is 3. The van der Waals surface area contributed by atoms with Crippen LogP contribution in [0.25, 0.3) is 0 Å². The maximum absolute atomic E-state index is 13.1. The Morgan fingerprint density at radius 1 is 1.07 bits per heavy atom. The molecule has 1 saturated carbocycles. The van der Waals surface area contributed by atoms with Crippen LogP contribution in [0, 0.1) is 0 Å². The lowest BCUT2D eigenvalue weighted by Crippen LogP contribution is -2.46. The fourth-order valence-electron chi connectivity index (χ4n) is 4.53. The summed E-state index contributed by atoms with van der Waals surface area (Å²) >= 11 is 0. The van der Waals surface area contributed by atoms with Crippen LogP contribution in [-0.4, -0.2) is 56.4 Å². The highest BCUT2D eigenvalue weighted by Crippen LogP contribution is 2.37. The van der Waals surface area contributed by atoms with Crippen LogP contribution >= 0.6 is 0 Å². The zero-order valence-electron chi connectivity index (χ0n) is 16.7. The fraction of sp³-hybridized carbons (Fsp3) is 0.650. The molecule has 30 heavy (non-hydrogen) atoms. The van der Waals surface area contributed by atoms with E-state index in [0.29, 0.717) is 19.0 Å². The average molecular weight is 422 g/mol. The SMILES string of the molecule is FC(F)(F)c1cc(N(C2CC2)C2CCN(Cc3cnn4c3COCC4)CC2)ncn1. The van der Waals surface area contributed by atoms with Crippen molar-refractivity contribution in [3.8, 4) is 0 Å². The molecule has 1 aliphatic carbocycles. The number of rotatable bonds is 5. The molecule has 0 N–H and O–H groups in total. The highest BCUT2D eigenvalue weighted by molar-refractivity contribution is 5.44. The highest BCUT2D eigenvalue weighted by Gasteiger charge is 2.39. The van der Waals surface area contributed by atoms with E-state index in [1.54, 1.807) is 0 Å². The summed E-state index contributed by atoms with van der Waals surface area (Å²) in [6, 6.07) is 1.59. The summed E-state index contributed by atoms with van der Waals surface area (Å²) in [5, 5.41) is 4.46. The summed E-state index contributed by atoms with van der Waals surface area (Å²) in [7, 11) is 0. The second-order valence-corrected chi connectivity index (χ2v) is 8.30. The normalized spacial score (nSPS) is 20.9. The van der Waals surface area contributed by atoms with Crippen molar-refractivity contribution in [3.63, 3.8) is 0 Å². The molecular weight excluding hydrogens is 397 g/mol. The summed E-state index contributed by atoms with van der Waals surface area (Å²) < 4.78 is 46.9. The minimum Gasteiger partial charge on any atom is -0.373 e. The predicted octanol–water partition coefficient (Wildman–Crippen LogP) is 2.86. The first kappa shape index (κ1) is 19.7. The topological polar surface area (TPSA) is 59.3 Å². The van der Waals surface area contributed by atoms with Crippen LogP contribution in [0.4, 0.5) is 19.0 Å². The van der Waals surface area contributed by atoms with Crippen LogP contribution in [0.1, 0.15) is 42.6 Å². The van der Waals surface area contributed by atoms with Crippen molar-refractivity contribution >= 4 is 5.82 Å². The zero-order valence-corrected chi connectivity index (χ0v) is 16.7. The second kappa shape index (κ2) is 7.81. The maximum atomic E-state index is 13.1. The number of piperidine rings is 1. The molecule has 7 nitrogen and oxygen atoms in total. The molecule has 2 fully saturated rings. The van der Waals surface area contributed by atoms with Gasteiger partial charge in [0.25, 0.3) is 0 Å². The third-order valence-corrected chi connectivity index (χ3v) is 6.21. The summed E-state index contributed by atoms with van der Waals surface area (Å²) in [4.78, 5) is 12.1. The van der Waals surface area contributed by atoms with Crippen molar-refractivity contribution in [2.45, 2.75) is 63.6 Å². The second-order valence-electron chi connectivity index (χ2n) is 8.30. The molecule has 4 heterocycles. The number of aromatic nitrogens is 4. The molecule has 2 aliphatic heterocycles. The minimum atomic E-state index is -4.45. The molecule has 0 radical (unpaired) electrons. The minimum absolute atomic E-state index is 0.203. The van der Waals surface area contributed by atoms with Crippen molar-refractivity contribution in [2.24, 2.45) is 0 Å². The monoisotopic (exact) mass is 422 g/mol. The van der Waals surface area contributed by atoms with Crippen LogP contribution in [0.5, 0.6) is 0 Å². The molecule has 3 aliphatic rings. The molecule has 0 aromatic carbocycles. The van der Waals surface area contributed by atoms with E-state index < -0.39 is 11.9 Å². The number of ether oxygens (including phenoxy) is 1. The molecule has 5 rings (SSSR count). The maximum Gasteiger partial charge on any atom is 0.433 e. The smallest absolute Gasteiger partial charge is 0.373 e. The summed E-state index contributed by atoms with van der Waals surface area (Å²) in [6.07, 6.45) is 2.34. The van der Waals surface area contributed by atoms with E-state index in [4.69, 9.17) is 4.74 Å². The van der Waals surface area contributed by atoms with Crippen molar-refractivity contribution in [1.29, 1.82) is 0 Å². The lowest BCUT2D eigenvalue weighted by molar-refractivity contribution is -0.141. The summed E-state index contributed by atoms with van der Waals surface area (Å²) in [5.41, 5.74) is 1.49. The average Bonchev–Trinajstić information content (AvgIpc) is 3.50. The first-order chi connectivity index (χ1) is 14.5. The van der Waals surface area contributed by atoms with Gasteiger partial charge >= 0.3 is 6.18 Å². The van der Waals surface area contributed by atoms with Crippen LogP contribution in [0.15, 0.2) is 18.6 Å². The quantitative estimate of drug-likeness (QED) is 0.739. The van der Waals surface area contributed by atoms with Gasteiger partial charge in [-0.15, -0.1) is 0 Å². The molecule has 0 atom stereocenters. The molecule has 2 aromatic heterocycles. The summed E-state index contributed by atoms with van der Waals surface area (Å²) in [6.45, 7) is 4.74. The van der Waals surface area contributed by atoms with Crippen LogP contribution in [0.2, 0.25) is 0 Å². The fourth-order valence-corrected chi connectivity index (χ4v) is 4.53. The van der Waals surface area contributed by atoms with Gasteiger partial charge in [0.15, 0.2) is 0 Å². The lowest BCUT2D eigenvalue weighted by atomic mass is 10.0. The Bertz CT molecular complexity index is 889. The Morgan fingerprint density at radius 3 is 2.57 bits per heavy atom.